The minimum atomic E-state index is 0.0980. The highest BCUT2D eigenvalue weighted by atomic mass is 16.2. The number of piperazine rings is 1. The number of pyridine rings is 1. The van der Waals surface area contributed by atoms with Gasteiger partial charge in [0.15, 0.2) is 0 Å². The summed E-state index contributed by atoms with van der Waals surface area (Å²) in [6, 6.07) is 14.7. The number of rotatable bonds is 1. The van der Waals surface area contributed by atoms with Crippen LogP contribution in [0.2, 0.25) is 0 Å². The van der Waals surface area contributed by atoms with Crippen molar-refractivity contribution in [2.75, 3.05) is 49.9 Å². The van der Waals surface area contributed by atoms with Crippen LogP contribution in [0.15, 0.2) is 54.9 Å². The lowest BCUT2D eigenvalue weighted by molar-refractivity contribution is -0.123. The van der Waals surface area contributed by atoms with E-state index in [0.29, 0.717) is 25.1 Å². The Morgan fingerprint density at radius 1 is 1.03 bits per heavy atom. The number of aromatic nitrogens is 3. The molecule has 9 nitrogen and oxygen atoms in total. The van der Waals surface area contributed by atoms with Gasteiger partial charge in [0.1, 0.15) is 5.82 Å². The summed E-state index contributed by atoms with van der Waals surface area (Å²) >= 11 is 0. The summed E-state index contributed by atoms with van der Waals surface area (Å²) in [6.45, 7) is 7.70. The Morgan fingerprint density at radius 3 is 2.81 bits per heavy atom. The van der Waals surface area contributed by atoms with E-state index >= 15 is 0 Å². The summed E-state index contributed by atoms with van der Waals surface area (Å²) < 4.78 is 0. The van der Waals surface area contributed by atoms with E-state index in [0.717, 1.165) is 68.3 Å². The molecule has 0 spiro atoms. The second kappa shape index (κ2) is 11.5. The summed E-state index contributed by atoms with van der Waals surface area (Å²) in [6.07, 6.45) is 5.47. The monoisotopic (exact) mass is 486 g/mol. The summed E-state index contributed by atoms with van der Waals surface area (Å²) in [5.74, 6) is 1.46. The van der Waals surface area contributed by atoms with Crippen LogP contribution in [0.3, 0.4) is 0 Å². The molecule has 0 saturated carbocycles. The first-order chi connectivity index (χ1) is 17.7. The van der Waals surface area contributed by atoms with Crippen molar-refractivity contribution in [2.24, 2.45) is 0 Å². The number of anilines is 3. The molecule has 0 aliphatic carbocycles. The standard InChI is InChI=1S/C27H34N8O/c1-2-23-18-34-13-14-35(23)17-20-5-3-6-22(15-20)32-27-30-12-9-24(33-27)21-7-8-25(31-16-21)28-10-4-11-29-26(36)19-34/h3,5-9,12,15-16,23H,2,4,10-11,13-14,17-19H2,1H3,(H,28,31)(H,29,36)(H,30,32,33). The Balaban J connectivity index is 1.38. The van der Waals surface area contributed by atoms with Crippen molar-refractivity contribution in [2.45, 2.75) is 32.4 Å². The Hall–Kier alpha value is -3.56. The van der Waals surface area contributed by atoms with Crippen LogP contribution in [0, 0.1) is 0 Å². The predicted octanol–water partition coefficient (Wildman–Crippen LogP) is 3.11. The Morgan fingerprint density at radius 2 is 1.94 bits per heavy atom. The van der Waals surface area contributed by atoms with Gasteiger partial charge in [-0.15, -0.1) is 0 Å². The van der Waals surface area contributed by atoms with E-state index in [4.69, 9.17) is 4.98 Å². The second-order valence-corrected chi connectivity index (χ2v) is 9.42. The van der Waals surface area contributed by atoms with Crippen molar-refractivity contribution >= 4 is 23.4 Å². The molecule has 1 aromatic carbocycles. The molecule has 3 N–H and O–H groups in total. The molecule has 3 unspecified atom stereocenters. The Bertz CT molecular complexity index is 1170. The quantitative estimate of drug-likeness (QED) is 0.483. The smallest absolute Gasteiger partial charge is 0.234 e. The number of amides is 1. The SMILES string of the molecule is CCC1CN2CCN1Cc1cccc(c1)Nc1nccc(n1)-c1ccc(nc1)NCCCNC(=O)C2. The lowest BCUT2D eigenvalue weighted by Crippen LogP contribution is -2.54. The summed E-state index contributed by atoms with van der Waals surface area (Å²) in [7, 11) is 0. The third-order valence-electron chi connectivity index (χ3n) is 6.79. The largest absolute Gasteiger partial charge is 0.370 e. The number of carbonyl (C=O) groups excluding carboxylic acids is 1. The van der Waals surface area contributed by atoms with Gasteiger partial charge in [0.25, 0.3) is 0 Å². The number of hydrogen-bond donors (Lipinski definition) is 3. The van der Waals surface area contributed by atoms with Crippen molar-refractivity contribution in [3.8, 4) is 11.3 Å². The van der Waals surface area contributed by atoms with Crippen LogP contribution in [0.1, 0.15) is 25.3 Å². The fourth-order valence-corrected chi connectivity index (χ4v) is 4.83. The molecule has 188 valence electrons. The van der Waals surface area contributed by atoms with Gasteiger partial charge < -0.3 is 16.0 Å². The second-order valence-electron chi connectivity index (χ2n) is 9.42. The van der Waals surface area contributed by atoms with Crippen LogP contribution >= 0.6 is 0 Å². The number of nitrogens with one attached hydrogen (secondary N) is 3. The number of carbonyl (C=O) groups is 1. The van der Waals surface area contributed by atoms with Crippen molar-refractivity contribution in [1.29, 1.82) is 0 Å². The third kappa shape index (κ3) is 6.16. The average molecular weight is 487 g/mol. The highest BCUT2D eigenvalue weighted by Crippen LogP contribution is 2.22. The van der Waals surface area contributed by atoms with Crippen LogP contribution < -0.4 is 16.0 Å². The van der Waals surface area contributed by atoms with Gasteiger partial charge in [-0.3, -0.25) is 14.6 Å². The molecule has 0 radical (unpaired) electrons. The molecule has 8 bridgehead atoms. The Labute approximate surface area is 212 Å². The van der Waals surface area contributed by atoms with Crippen LogP contribution in [0.25, 0.3) is 11.3 Å². The maximum atomic E-state index is 12.5. The first kappa shape index (κ1) is 24.1. The van der Waals surface area contributed by atoms with Crippen LogP contribution in [-0.2, 0) is 11.3 Å². The van der Waals surface area contributed by atoms with Crippen LogP contribution in [0.5, 0.6) is 0 Å². The molecule has 1 fully saturated rings. The lowest BCUT2D eigenvalue weighted by Gasteiger charge is -2.41. The average Bonchev–Trinajstić information content (AvgIpc) is 2.89. The molecule has 36 heavy (non-hydrogen) atoms. The van der Waals surface area contributed by atoms with Gasteiger partial charge in [-0.1, -0.05) is 19.1 Å². The van der Waals surface area contributed by atoms with E-state index in [1.165, 1.54) is 5.56 Å². The topological polar surface area (TPSA) is 98.3 Å². The summed E-state index contributed by atoms with van der Waals surface area (Å²) in [5, 5.41) is 9.76. The van der Waals surface area contributed by atoms with Gasteiger partial charge in [-0.2, -0.15) is 0 Å². The minimum absolute atomic E-state index is 0.0980. The molecule has 2 aromatic heterocycles. The molecule has 5 aliphatic rings. The first-order valence-corrected chi connectivity index (χ1v) is 12.8. The van der Waals surface area contributed by atoms with Gasteiger partial charge in [-0.25, -0.2) is 15.0 Å². The Kier molecular flexibility index (Phi) is 7.68. The first-order valence-electron chi connectivity index (χ1n) is 12.8. The predicted molar refractivity (Wildman–Crippen MR) is 142 cm³/mol. The molecule has 8 rings (SSSR count). The maximum absolute atomic E-state index is 12.5. The highest BCUT2D eigenvalue weighted by Gasteiger charge is 2.26. The number of hydrogen-bond acceptors (Lipinski definition) is 8. The van der Waals surface area contributed by atoms with E-state index < -0.39 is 0 Å². The zero-order valence-corrected chi connectivity index (χ0v) is 20.8. The zero-order valence-electron chi connectivity index (χ0n) is 20.8. The van der Waals surface area contributed by atoms with Crippen LogP contribution in [0.4, 0.5) is 17.5 Å². The van der Waals surface area contributed by atoms with E-state index in [2.05, 4.69) is 60.8 Å². The molecule has 3 aromatic rings. The molecule has 1 saturated heterocycles. The van der Waals surface area contributed by atoms with Crippen molar-refractivity contribution < 1.29 is 4.79 Å². The van der Waals surface area contributed by atoms with Crippen LogP contribution in [-0.4, -0.2) is 76.0 Å². The normalized spacial score (nSPS) is 22.8. The highest BCUT2D eigenvalue weighted by molar-refractivity contribution is 5.78. The van der Waals surface area contributed by atoms with Gasteiger partial charge in [0.2, 0.25) is 11.9 Å². The van der Waals surface area contributed by atoms with Gasteiger partial charge in [0.05, 0.1) is 12.2 Å². The molecule has 3 atom stereocenters. The molecular formula is C27H34N8O. The fourth-order valence-electron chi connectivity index (χ4n) is 4.83. The van der Waals surface area contributed by atoms with Crippen molar-refractivity contribution in [3.05, 3.63) is 60.4 Å². The molecule has 9 heteroatoms. The third-order valence-corrected chi connectivity index (χ3v) is 6.79. The molecule has 7 heterocycles. The molecular weight excluding hydrogens is 452 g/mol. The molecule has 5 aliphatic heterocycles. The number of nitrogens with zero attached hydrogens (tertiary/aromatic N) is 5. The zero-order chi connectivity index (χ0) is 24.7. The van der Waals surface area contributed by atoms with E-state index in [1.807, 2.05) is 30.5 Å². The minimum Gasteiger partial charge on any atom is -0.370 e. The maximum Gasteiger partial charge on any atom is 0.234 e. The van der Waals surface area contributed by atoms with Gasteiger partial charge in [0, 0.05) is 69.0 Å². The fraction of sp³-hybridized carbons (Fsp3) is 0.407. The number of benzene rings is 1. The summed E-state index contributed by atoms with van der Waals surface area (Å²) in [4.78, 5) is 31.0. The van der Waals surface area contributed by atoms with Crippen molar-refractivity contribution in [3.63, 3.8) is 0 Å². The van der Waals surface area contributed by atoms with Gasteiger partial charge >= 0.3 is 0 Å². The van der Waals surface area contributed by atoms with E-state index in [1.54, 1.807) is 6.20 Å². The summed E-state index contributed by atoms with van der Waals surface area (Å²) in [5.41, 5.74) is 3.94. The van der Waals surface area contributed by atoms with E-state index in [-0.39, 0.29) is 5.91 Å². The molecule has 1 amide bonds. The van der Waals surface area contributed by atoms with E-state index in [9.17, 15) is 4.79 Å². The van der Waals surface area contributed by atoms with Gasteiger partial charge in [-0.05, 0) is 48.7 Å². The lowest BCUT2D eigenvalue weighted by atomic mass is 10.1. The van der Waals surface area contributed by atoms with Crippen molar-refractivity contribution in [1.82, 2.24) is 30.1 Å².